The summed E-state index contributed by atoms with van der Waals surface area (Å²) in [5.74, 6) is 0.789. The first kappa shape index (κ1) is 14.8. The van der Waals surface area contributed by atoms with Crippen LogP contribution in [0.4, 0.5) is 0 Å². The third-order valence-electron chi connectivity index (χ3n) is 4.75. The molecule has 19 heavy (non-hydrogen) atoms. The number of nitrogens with two attached hydrogens (primary N) is 1. The first-order valence-corrected chi connectivity index (χ1v) is 7.87. The second-order valence-corrected chi connectivity index (χ2v) is 6.21. The maximum Gasteiger partial charge on any atom is 0.227 e. The minimum Gasteiger partial charge on any atom is -0.396 e. The van der Waals surface area contributed by atoms with Crippen molar-refractivity contribution in [2.75, 3.05) is 19.7 Å². The number of rotatable bonds is 3. The highest BCUT2D eigenvalue weighted by Crippen LogP contribution is 2.27. The maximum absolute atomic E-state index is 12.6. The van der Waals surface area contributed by atoms with Gasteiger partial charge in [-0.1, -0.05) is 19.3 Å². The predicted octanol–water partition coefficient (Wildman–Crippen LogP) is 1.51. The quantitative estimate of drug-likeness (QED) is 0.763. The summed E-state index contributed by atoms with van der Waals surface area (Å²) in [6, 6.07) is 0.0493. The van der Waals surface area contributed by atoms with Gasteiger partial charge in [-0.15, -0.1) is 0 Å². The number of piperidine rings is 1. The Balaban J connectivity index is 1.93. The normalized spacial score (nSPS) is 32.9. The van der Waals surface area contributed by atoms with Gasteiger partial charge < -0.3 is 15.7 Å². The molecule has 3 unspecified atom stereocenters. The van der Waals surface area contributed by atoms with E-state index in [4.69, 9.17) is 10.8 Å². The Morgan fingerprint density at radius 3 is 2.74 bits per heavy atom. The van der Waals surface area contributed by atoms with E-state index in [1.165, 1.54) is 6.42 Å². The summed E-state index contributed by atoms with van der Waals surface area (Å²) < 4.78 is 0. The lowest BCUT2D eigenvalue weighted by Gasteiger charge is -2.36. The van der Waals surface area contributed by atoms with Crippen LogP contribution in [0.25, 0.3) is 0 Å². The molecule has 0 aromatic carbocycles. The first-order chi connectivity index (χ1) is 9.22. The molecule has 2 aliphatic rings. The van der Waals surface area contributed by atoms with E-state index < -0.39 is 0 Å². The molecule has 4 heteroatoms. The third-order valence-corrected chi connectivity index (χ3v) is 4.75. The lowest BCUT2D eigenvalue weighted by atomic mass is 9.90. The second-order valence-electron chi connectivity index (χ2n) is 6.21. The number of hydrogen-bond donors (Lipinski definition) is 2. The molecule has 0 spiro atoms. The van der Waals surface area contributed by atoms with Crippen molar-refractivity contribution in [3.8, 4) is 0 Å². The van der Waals surface area contributed by atoms with Crippen LogP contribution in [0.2, 0.25) is 0 Å². The number of aliphatic hydroxyl groups excluding tert-OH is 1. The zero-order valence-corrected chi connectivity index (χ0v) is 11.9. The Hall–Kier alpha value is -0.610. The van der Waals surface area contributed by atoms with Crippen LogP contribution in [0.3, 0.4) is 0 Å². The Kier molecular flexibility index (Phi) is 5.64. The van der Waals surface area contributed by atoms with Gasteiger partial charge in [-0.25, -0.2) is 0 Å². The first-order valence-electron chi connectivity index (χ1n) is 7.87. The zero-order valence-electron chi connectivity index (χ0n) is 11.9. The van der Waals surface area contributed by atoms with Crippen molar-refractivity contribution in [3.05, 3.63) is 0 Å². The molecule has 0 bridgehead atoms. The maximum atomic E-state index is 12.6. The van der Waals surface area contributed by atoms with E-state index in [-0.39, 0.29) is 24.5 Å². The van der Waals surface area contributed by atoms with Crippen LogP contribution in [0.15, 0.2) is 0 Å². The highest BCUT2D eigenvalue weighted by Gasteiger charge is 2.32. The van der Waals surface area contributed by atoms with Crippen molar-refractivity contribution in [1.82, 2.24) is 4.90 Å². The summed E-state index contributed by atoms with van der Waals surface area (Å²) >= 11 is 0. The molecule has 1 saturated carbocycles. The highest BCUT2D eigenvalue weighted by molar-refractivity contribution is 5.79. The summed E-state index contributed by atoms with van der Waals surface area (Å²) in [4.78, 5) is 14.7. The lowest BCUT2D eigenvalue weighted by Crippen LogP contribution is -2.47. The molecule has 3 atom stereocenters. The van der Waals surface area contributed by atoms with Gasteiger partial charge in [0, 0.05) is 25.7 Å². The van der Waals surface area contributed by atoms with Crippen LogP contribution in [-0.4, -0.2) is 41.7 Å². The second kappa shape index (κ2) is 7.25. The lowest BCUT2D eigenvalue weighted by molar-refractivity contribution is -0.138. The fourth-order valence-electron chi connectivity index (χ4n) is 3.56. The predicted molar refractivity (Wildman–Crippen MR) is 75.6 cm³/mol. The molecule has 110 valence electrons. The number of amides is 1. The van der Waals surface area contributed by atoms with Gasteiger partial charge in [0.15, 0.2) is 0 Å². The smallest absolute Gasteiger partial charge is 0.227 e. The third kappa shape index (κ3) is 3.93. The molecule has 4 nitrogen and oxygen atoms in total. The molecule has 1 aliphatic carbocycles. The fraction of sp³-hybridized carbons (Fsp3) is 0.933. The Labute approximate surface area is 116 Å². The van der Waals surface area contributed by atoms with Crippen LogP contribution >= 0.6 is 0 Å². The van der Waals surface area contributed by atoms with E-state index in [0.717, 1.165) is 58.0 Å². The van der Waals surface area contributed by atoms with Crippen molar-refractivity contribution in [2.45, 2.75) is 57.4 Å². The van der Waals surface area contributed by atoms with Crippen LogP contribution in [0.1, 0.15) is 51.4 Å². The number of hydrogen-bond acceptors (Lipinski definition) is 3. The molecule has 0 aromatic heterocycles. The molecular weight excluding hydrogens is 240 g/mol. The van der Waals surface area contributed by atoms with Gasteiger partial charge >= 0.3 is 0 Å². The average molecular weight is 268 g/mol. The Morgan fingerprint density at radius 1 is 1.16 bits per heavy atom. The monoisotopic (exact) mass is 268 g/mol. The molecule has 1 aliphatic heterocycles. The molecule has 0 radical (unpaired) electrons. The molecule has 2 fully saturated rings. The van der Waals surface area contributed by atoms with Crippen LogP contribution in [0.5, 0.6) is 0 Å². The number of carbonyl (C=O) groups is 1. The minimum absolute atomic E-state index is 0.0374. The van der Waals surface area contributed by atoms with E-state index in [2.05, 4.69) is 0 Å². The Morgan fingerprint density at radius 2 is 1.95 bits per heavy atom. The van der Waals surface area contributed by atoms with E-state index in [0.29, 0.717) is 5.92 Å². The Bertz CT molecular complexity index is 294. The highest BCUT2D eigenvalue weighted by atomic mass is 16.3. The van der Waals surface area contributed by atoms with Crippen molar-refractivity contribution in [1.29, 1.82) is 0 Å². The summed E-state index contributed by atoms with van der Waals surface area (Å²) in [5, 5.41) is 9.05. The van der Waals surface area contributed by atoms with Gasteiger partial charge in [0.05, 0.1) is 5.92 Å². The summed E-state index contributed by atoms with van der Waals surface area (Å²) in [6.45, 7) is 1.93. The summed E-state index contributed by atoms with van der Waals surface area (Å²) in [5.41, 5.74) is 6.19. The average Bonchev–Trinajstić information content (AvgIpc) is 2.63. The SMILES string of the molecule is NC1CCCCCC1C(=O)N1CCCC(CCO)C1. The van der Waals surface area contributed by atoms with E-state index in [1.54, 1.807) is 0 Å². The van der Waals surface area contributed by atoms with Gasteiger partial charge in [-0.2, -0.15) is 0 Å². The molecule has 1 heterocycles. The zero-order chi connectivity index (χ0) is 13.7. The summed E-state index contributed by atoms with van der Waals surface area (Å²) in [6.07, 6.45) is 8.49. The molecule has 2 rings (SSSR count). The number of aliphatic hydroxyl groups is 1. The number of nitrogens with zero attached hydrogens (tertiary/aromatic N) is 1. The van der Waals surface area contributed by atoms with E-state index in [9.17, 15) is 4.79 Å². The molecule has 3 N–H and O–H groups in total. The van der Waals surface area contributed by atoms with Crippen molar-refractivity contribution >= 4 is 5.91 Å². The van der Waals surface area contributed by atoms with Crippen LogP contribution in [0, 0.1) is 11.8 Å². The van der Waals surface area contributed by atoms with E-state index >= 15 is 0 Å². The number of likely N-dealkylation sites (tertiary alicyclic amines) is 1. The minimum atomic E-state index is 0.0374. The van der Waals surface area contributed by atoms with Crippen molar-refractivity contribution in [2.24, 2.45) is 17.6 Å². The van der Waals surface area contributed by atoms with Gasteiger partial charge in [0.25, 0.3) is 0 Å². The molecule has 1 saturated heterocycles. The fourth-order valence-corrected chi connectivity index (χ4v) is 3.56. The standard InChI is InChI=1S/C15H28N2O2/c16-14-7-3-1-2-6-13(14)15(19)17-9-4-5-12(11-17)8-10-18/h12-14,18H,1-11,16H2. The van der Waals surface area contributed by atoms with Gasteiger partial charge in [-0.05, 0) is 38.0 Å². The topological polar surface area (TPSA) is 66.6 Å². The molecule has 0 aromatic rings. The molecular formula is C15H28N2O2. The summed E-state index contributed by atoms with van der Waals surface area (Å²) in [7, 11) is 0. The van der Waals surface area contributed by atoms with Crippen LogP contribution in [-0.2, 0) is 4.79 Å². The van der Waals surface area contributed by atoms with Gasteiger partial charge in [0.2, 0.25) is 5.91 Å². The molecule has 1 amide bonds. The van der Waals surface area contributed by atoms with Crippen molar-refractivity contribution in [3.63, 3.8) is 0 Å². The largest absolute Gasteiger partial charge is 0.396 e. The van der Waals surface area contributed by atoms with Gasteiger partial charge in [0.1, 0.15) is 0 Å². The van der Waals surface area contributed by atoms with Crippen LogP contribution < -0.4 is 5.73 Å². The number of carbonyl (C=O) groups excluding carboxylic acids is 1. The van der Waals surface area contributed by atoms with Gasteiger partial charge in [-0.3, -0.25) is 4.79 Å². The van der Waals surface area contributed by atoms with Crippen molar-refractivity contribution < 1.29 is 9.90 Å². The van der Waals surface area contributed by atoms with E-state index in [1.807, 2.05) is 4.90 Å².